The predicted octanol–water partition coefficient (Wildman–Crippen LogP) is 1.36. The van der Waals surface area contributed by atoms with Crippen LogP contribution in [-0.4, -0.2) is 34.1 Å². The maximum absolute atomic E-state index is 12.0. The molecule has 0 aliphatic heterocycles. The van der Waals surface area contributed by atoms with E-state index in [-0.39, 0.29) is 29.7 Å². The summed E-state index contributed by atoms with van der Waals surface area (Å²) in [6, 6.07) is 4.24. The second-order valence-electron chi connectivity index (χ2n) is 4.31. The molecule has 0 radical (unpaired) electrons. The molecular weight excluding hydrogens is 298 g/mol. The minimum atomic E-state index is -0.505. The molecule has 1 heterocycles. The van der Waals surface area contributed by atoms with Crippen LogP contribution in [-0.2, 0) is 0 Å². The van der Waals surface area contributed by atoms with Gasteiger partial charge in [0.1, 0.15) is 0 Å². The Bertz CT molecular complexity index is 643. The zero-order valence-electron chi connectivity index (χ0n) is 11.2. The van der Waals surface area contributed by atoms with Crippen molar-refractivity contribution in [1.82, 2.24) is 15.5 Å². The molecular formula is C12H16ClN5O3. The minimum absolute atomic E-state index is 0. The van der Waals surface area contributed by atoms with Crippen molar-refractivity contribution in [2.75, 3.05) is 13.1 Å². The van der Waals surface area contributed by atoms with E-state index in [4.69, 9.17) is 5.73 Å². The number of rotatable bonds is 6. The maximum Gasteiger partial charge on any atom is 0.272 e. The maximum atomic E-state index is 12.0. The lowest BCUT2D eigenvalue weighted by Crippen LogP contribution is -2.25. The van der Waals surface area contributed by atoms with Crippen LogP contribution in [0, 0.1) is 10.1 Å². The van der Waals surface area contributed by atoms with Crippen molar-refractivity contribution in [3.05, 3.63) is 34.0 Å². The molecule has 114 valence electrons. The molecule has 8 nitrogen and oxygen atoms in total. The number of unbranched alkanes of at least 4 members (excludes halogenated alkanes) is 1. The Hall–Kier alpha value is -2.19. The number of fused-ring (bicyclic) bond motifs is 1. The molecule has 1 amide bonds. The van der Waals surface area contributed by atoms with Gasteiger partial charge >= 0.3 is 0 Å². The van der Waals surface area contributed by atoms with Gasteiger partial charge in [0.15, 0.2) is 5.69 Å². The normalized spacial score (nSPS) is 10.1. The molecule has 0 spiro atoms. The topological polar surface area (TPSA) is 127 Å². The molecule has 0 saturated heterocycles. The van der Waals surface area contributed by atoms with Crippen LogP contribution in [0.2, 0.25) is 0 Å². The summed E-state index contributed by atoms with van der Waals surface area (Å²) in [6.45, 7) is 1.08. The van der Waals surface area contributed by atoms with Gasteiger partial charge in [0.05, 0.1) is 10.4 Å². The van der Waals surface area contributed by atoms with Crippen LogP contribution in [0.1, 0.15) is 23.3 Å². The van der Waals surface area contributed by atoms with Gasteiger partial charge in [0.2, 0.25) is 0 Å². The van der Waals surface area contributed by atoms with E-state index >= 15 is 0 Å². The monoisotopic (exact) mass is 313 g/mol. The average molecular weight is 314 g/mol. The number of nitro benzene ring substituents is 1. The lowest BCUT2D eigenvalue weighted by atomic mass is 10.2. The number of hydrogen-bond donors (Lipinski definition) is 3. The average Bonchev–Trinajstić information content (AvgIpc) is 2.86. The third-order valence-corrected chi connectivity index (χ3v) is 2.89. The van der Waals surface area contributed by atoms with Gasteiger partial charge in [-0.05, 0) is 25.5 Å². The Morgan fingerprint density at radius 3 is 2.86 bits per heavy atom. The molecule has 0 saturated carbocycles. The zero-order valence-corrected chi connectivity index (χ0v) is 12.0. The molecule has 0 bridgehead atoms. The Balaban J connectivity index is 0.00000220. The van der Waals surface area contributed by atoms with Gasteiger partial charge in [-0.2, -0.15) is 5.10 Å². The summed E-state index contributed by atoms with van der Waals surface area (Å²) >= 11 is 0. The van der Waals surface area contributed by atoms with E-state index < -0.39 is 4.92 Å². The molecule has 4 N–H and O–H groups in total. The van der Waals surface area contributed by atoms with Crippen molar-refractivity contribution >= 4 is 34.9 Å². The summed E-state index contributed by atoms with van der Waals surface area (Å²) in [5, 5.41) is 20.5. The first-order chi connectivity index (χ1) is 9.63. The van der Waals surface area contributed by atoms with Crippen molar-refractivity contribution in [3.63, 3.8) is 0 Å². The second kappa shape index (κ2) is 7.55. The first kappa shape index (κ1) is 16.9. The van der Waals surface area contributed by atoms with Crippen LogP contribution in [0.15, 0.2) is 18.2 Å². The summed E-state index contributed by atoms with van der Waals surface area (Å²) in [7, 11) is 0. The van der Waals surface area contributed by atoms with Crippen LogP contribution < -0.4 is 11.1 Å². The number of H-pyrrole nitrogens is 1. The molecule has 0 unspecified atom stereocenters. The number of benzene rings is 1. The van der Waals surface area contributed by atoms with E-state index in [0.29, 0.717) is 24.0 Å². The highest BCUT2D eigenvalue weighted by Gasteiger charge is 2.16. The fourth-order valence-corrected chi connectivity index (χ4v) is 1.84. The number of carbonyl (C=O) groups excluding carboxylic acids is 1. The van der Waals surface area contributed by atoms with Crippen LogP contribution in [0.4, 0.5) is 5.69 Å². The van der Waals surface area contributed by atoms with E-state index in [1.807, 2.05) is 0 Å². The largest absolute Gasteiger partial charge is 0.351 e. The first-order valence-corrected chi connectivity index (χ1v) is 6.24. The van der Waals surface area contributed by atoms with Gasteiger partial charge in [0, 0.05) is 24.1 Å². The standard InChI is InChI=1S/C12H15N5O3.ClH/c13-5-1-2-6-14-12(18)11-9-7-8(17(19)20)3-4-10(9)15-16-11;/h3-4,7H,1-2,5-6,13H2,(H,14,18)(H,15,16);1H. The molecule has 21 heavy (non-hydrogen) atoms. The first-order valence-electron chi connectivity index (χ1n) is 6.24. The quantitative estimate of drug-likeness (QED) is 0.421. The number of aromatic nitrogens is 2. The van der Waals surface area contributed by atoms with Crippen molar-refractivity contribution in [2.45, 2.75) is 12.8 Å². The van der Waals surface area contributed by atoms with E-state index in [1.54, 1.807) is 0 Å². The molecule has 1 aromatic carbocycles. The Morgan fingerprint density at radius 2 is 2.19 bits per heavy atom. The number of nitro groups is 1. The molecule has 0 aliphatic carbocycles. The molecule has 0 aliphatic rings. The summed E-state index contributed by atoms with van der Waals surface area (Å²) in [4.78, 5) is 22.2. The van der Waals surface area contributed by atoms with Crippen LogP contribution in [0.25, 0.3) is 10.9 Å². The third-order valence-electron chi connectivity index (χ3n) is 2.89. The third kappa shape index (κ3) is 3.89. The van der Waals surface area contributed by atoms with Gasteiger partial charge in [0.25, 0.3) is 11.6 Å². The highest BCUT2D eigenvalue weighted by Crippen LogP contribution is 2.21. The SMILES string of the molecule is Cl.NCCCCNC(=O)c1n[nH]c2ccc([N+](=O)[O-])cc12. The summed E-state index contributed by atoms with van der Waals surface area (Å²) in [6.07, 6.45) is 1.61. The molecule has 0 atom stereocenters. The van der Waals surface area contributed by atoms with Crippen LogP contribution in [0.5, 0.6) is 0 Å². The van der Waals surface area contributed by atoms with Gasteiger partial charge in [-0.15, -0.1) is 12.4 Å². The highest BCUT2D eigenvalue weighted by molar-refractivity contribution is 6.05. The van der Waals surface area contributed by atoms with E-state index in [9.17, 15) is 14.9 Å². The predicted molar refractivity (Wildman–Crippen MR) is 80.6 cm³/mol. The van der Waals surface area contributed by atoms with E-state index in [2.05, 4.69) is 15.5 Å². The van der Waals surface area contributed by atoms with Crippen molar-refractivity contribution in [3.8, 4) is 0 Å². The molecule has 2 rings (SSSR count). The number of halogens is 1. The number of non-ortho nitro benzene ring substituents is 1. The molecule has 2 aromatic rings. The van der Waals surface area contributed by atoms with E-state index in [0.717, 1.165) is 12.8 Å². The fraction of sp³-hybridized carbons (Fsp3) is 0.333. The molecule has 9 heteroatoms. The Kier molecular flexibility index (Phi) is 6.07. The molecule has 0 fully saturated rings. The van der Waals surface area contributed by atoms with Crippen molar-refractivity contribution in [1.29, 1.82) is 0 Å². The van der Waals surface area contributed by atoms with Gasteiger partial charge in [-0.3, -0.25) is 20.0 Å². The highest BCUT2D eigenvalue weighted by atomic mass is 35.5. The van der Waals surface area contributed by atoms with Crippen molar-refractivity contribution in [2.24, 2.45) is 5.73 Å². The molecule has 1 aromatic heterocycles. The number of nitrogens with one attached hydrogen (secondary N) is 2. The second-order valence-corrected chi connectivity index (χ2v) is 4.31. The van der Waals surface area contributed by atoms with Gasteiger partial charge in [-0.25, -0.2) is 0 Å². The number of nitrogens with two attached hydrogens (primary N) is 1. The van der Waals surface area contributed by atoms with Crippen LogP contribution >= 0.6 is 12.4 Å². The Labute approximate surface area is 126 Å². The van der Waals surface area contributed by atoms with Crippen molar-refractivity contribution < 1.29 is 9.72 Å². The minimum Gasteiger partial charge on any atom is -0.351 e. The fourth-order valence-electron chi connectivity index (χ4n) is 1.84. The summed E-state index contributed by atoms with van der Waals surface area (Å²) in [5.41, 5.74) is 6.04. The smallest absolute Gasteiger partial charge is 0.272 e. The Morgan fingerprint density at radius 1 is 1.43 bits per heavy atom. The van der Waals surface area contributed by atoms with Crippen LogP contribution in [0.3, 0.4) is 0 Å². The van der Waals surface area contributed by atoms with Gasteiger partial charge in [-0.1, -0.05) is 0 Å². The zero-order chi connectivity index (χ0) is 14.5. The number of amides is 1. The number of hydrogen-bond acceptors (Lipinski definition) is 5. The lowest BCUT2D eigenvalue weighted by Gasteiger charge is -2.02. The number of carbonyl (C=O) groups is 1. The summed E-state index contributed by atoms with van der Waals surface area (Å²) < 4.78 is 0. The number of aromatic amines is 1. The number of nitrogens with zero attached hydrogens (tertiary/aromatic N) is 2. The van der Waals surface area contributed by atoms with E-state index in [1.165, 1.54) is 18.2 Å². The lowest BCUT2D eigenvalue weighted by molar-refractivity contribution is -0.384. The summed E-state index contributed by atoms with van der Waals surface area (Å²) in [5.74, 6) is -0.353. The van der Waals surface area contributed by atoms with Gasteiger partial charge < -0.3 is 11.1 Å².